The Morgan fingerprint density at radius 2 is 2.00 bits per heavy atom. The highest BCUT2D eigenvalue weighted by Crippen LogP contribution is 2.35. The summed E-state index contributed by atoms with van der Waals surface area (Å²) in [5.74, 6) is -1.47. The molecule has 1 heterocycles. The molecule has 1 aliphatic carbocycles. The number of nitrogens with one attached hydrogen (secondary N) is 3. The number of aromatic nitrogens is 1. The lowest BCUT2D eigenvalue weighted by Gasteiger charge is -2.37. The van der Waals surface area contributed by atoms with Crippen molar-refractivity contribution < 1.29 is 14.4 Å². The number of nitrogens with two attached hydrogens (primary N) is 1. The molecule has 0 radical (unpaired) electrons. The Morgan fingerprint density at radius 3 is 2.61 bits per heavy atom. The van der Waals surface area contributed by atoms with E-state index >= 15 is 0 Å². The van der Waals surface area contributed by atoms with Crippen LogP contribution in [0, 0.1) is 5.92 Å². The van der Waals surface area contributed by atoms with E-state index in [9.17, 15) is 14.4 Å². The van der Waals surface area contributed by atoms with E-state index < -0.39 is 23.4 Å². The number of aryl methyl sites for hydroxylation is 1. The van der Waals surface area contributed by atoms with E-state index in [4.69, 9.17) is 17.3 Å². The number of halogens is 1. The van der Waals surface area contributed by atoms with Crippen LogP contribution in [0.5, 0.6) is 0 Å². The molecular weight excluding hydrogens is 380 g/mol. The van der Waals surface area contributed by atoms with Crippen LogP contribution in [-0.4, -0.2) is 34.3 Å². The molecule has 0 fully saturated rings. The first-order valence-electron chi connectivity index (χ1n) is 9.31. The normalized spacial score (nSPS) is 19.9. The highest BCUT2D eigenvalue weighted by Gasteiger charge is 2.44. The topological polar surface area (TPSA) is 117 Å². The number of carbonyl (C=O) groups is 3. The smallest absolute Gasteiger partial charge is 0.246 e. The number of aromatic amines is 1. The SMILES string of the molecule is CC(=O)NC1(C(=O)N[C@H](C(N)=O)C(C)C)CCc2[nH]c3ccc(Cl)cc3c2C1. The molecule has 5 N–H and O–H groups in total. The number of primary amides is 1. The summed E-state index contributed by atoms with van der Waals surface area (Å²) in [5.41, 5.74) is 7.21. The van der Waals surface area contributed by atoms with E-state index in [1.54, 1.807) is 19.9 Å². The Balaban J connectivity index is 2.00. The number of amides is 3. The zero-order valence-corrected chi connectivity index (χ0v) is 16.9. The Hall–Kier alpha value is -2.54. The van der Waals surface area contributed by atoms with Gasteiger partial charge >= 0.3 is 0 Å². The molecule has 8 heteroatoms. The van der Waals surface area contributed by atoms with E-state index in [0.717, 1.165) is 22.2 Å². The van der Waals surface area contributed by atoms with Crippen LogP contribution in [0.2, 0.25) is 5.02 Å². The molecule has 0 bridgehead atoms. The number of rotatable bonds is 5. The maximum Gasteiger partial charge on any atom is 0.246 e. The molecule has 1 unspecified atom stereocenters. The molecule has 1 aromatic carbocycles. The van der Waals surface area contributed by atoms with Crippen molar-refractivity contribution in [3.05, 3.63) is 34.5 Å². The molecule has 3 amide bonds. The van der Waals surface area contributed by atoms with Crippen LogP contribution in [0.1, 0.15) is 38.4 Å². The highest BCUT2D eigenvalue weighted by atomic mass is 35.5. The van der Waals surface area contributed by atoms with Crippen molar-refractivity contribution in [2.75, 3.05) is 0 Å². The minimum absolute atomic E-state index is 0.165. The van der Waals surface area contributed by atoms with Gasteiger partial charge in [-0.05, 0) is 42.5 Å². The van der Waals surface area contributed by atoms with Gasteiger partial charge in [0.05, 0.1) is 0 Å². The monoisotopic (exact) mass is 404 g/mol. The summed E-state index contributed by atoms with van der Waals surface area (Å²) in [6, 6.07) is 4.75. The molecule has 0 aliphatic heterocycles. The quantitative estimate of drug-likeness (QED) is 0.608. The average Bonchev–Trinajstić information content (AvgIpc) is 2.95. The zero-order valence-electron chi connectivity index (χ0n) is 16.2. The van der Waals surface area contributed by atoms with E-state index in [-0.39, 0.29) is 11.8 Å². The molecule has 2 atom stereocenters. The molecule has 0 spiro atoms. The number of hydrogen-bond acceptors (Lipinski definition) is 3. The maximum atomic E-state index is 13.2. The first-order chi connectivity index (χ1) is 13.1. The fourth-order valence-electron chi connectivity index (χ4n) is 3.96. The van der Waals surface area contributed by atoms with Gasteiger partial charge in [0.1, 0.15) is 11.6 Å². The van der Waals surface area contributed by atoms with Crippen molar-refractivity contribution in [1.29, 1.82) is 0 Å². The number of hydrogen-bond donors (Lipinski definition) is 4. The third-order valence-corrected chi connectivity index (χ3v) is 5.58. The molecule has 1 aliphatic rings. The molecule has 150 valence electrons. The molecule has 28 heavy (non-hydrogen) atoms. The summed E-state index contributed by atoms with van der Waals surface area (Å²) in [6.07, 6.45) is 1.30. The predicted octanol–water partition coefficient (Wildman–Crippen LogP) is 1.81. The van der Waals surface area contributed by atoms with Crippen molar-refractivity contribution in [3.8, 4) is 0 Å². The van der Waals surface area contributed by atoms with Crippen molar-refractivity contribution in [2.24, 2.45) is 11.7 Å². The van der Waals surface area contributed by atoms with Gasteiger partial charge in [0.15, 0.2) is 0 Å². The van der Waals surface area contributed by atoms with Crippen molar-refractivity contribution in [3.63, 3.8) is 0 Å². The standard InChI is InChI=1S/C20H25ClN4O3/c1-10(2)17(18(22)27)24-19(28)20(25-11(3)26)7-6-16-14(9-20)13-8-12(21)4-5-15(13)23-16/h4-5,8,10,17,23H,6-7,9H2,1-3H3,(H2,22,27)(H,24,28)(H,25,26)/t17-,20?/m0/s1. The van der Waals surface area contributed by atoms with Crippen LogP contribution in [0.3, 0.4) is 0 Å². The molecule has 2 aromatic rings. The highest BCUT2D eigenvalue weighted by molar-refractivity contribution is 6.31. The lowest BCUT2D eigenvalue weighted by atomic mass is 9.78. The maximum absolute atomic E-state index is 13.2. The Kier molecular flexibility index (Phi) is 5.39. The fraction of sp³-hybridized carbons (Fsp3) is 0.450. The summed E-state index contributed by atoms with van der Waals surface area (Å²) in [4.78, 5) is 40.3. The van der Waals surface area contributed by atoms with Gasteiger partial charge in [-0.1, -0.05) is 25.4 Å². The number of fused-ring (bicyclic) bond motifs is 3. The molecule has 1 aromatic heterocycles. The predicted molar refractivity (Wildman–Crippen MR) is 108 cm³/mol. The average molecular weight is 405 g/mol. The second-order valence-corrected chi connectivity index (χ2v) is 8.25. The van der Waals surface area contributed by atoms with Gasteiger partial charge < -0.3 is 21.4 Å². The number of benzene rings is 1. The summed E-state index contributed by atoms with van der Waals surface area (Å²) >= 11 is 6.16. The van der Waals surface area contributed by atoms with E-state index in [1.807, 2.05) is 12.1 Å². The lowest BCUT2D eigenvalue weighted by Crippen LogP contribution is -2.64. The van der Waals surface area contributed by atoms with Crippen molar-refractivity contribution in [1.82, 2.24) is 15.6 Å². The Bertz CT molecular complexity index is 952. The molecular formula is C20H25ClN4O3. The van der Waals surface area contributed by atoms with Crippen LogP contribution < -0.4 is 16.4 Å². The number of H-pyrrole nitrogens is 1. The van der Waals surface area contributed by atoms with Gasteiger partial charge in [0.2, 0.25) is 17.7 Å². The zero-order chi connectivity index (χ0) is 20.6. The first kappa shape index (κ1) is 20.2. The summed E-state index contributed by atoms with van der Waals surface area (Å²) in [6.45, 7) is 4.99. The van der Waals surface area contributed by atoms with Crippen LogP contribution >= 0.6 is 11.6 Å². The molecule has 0 saturated carbocycles. The summed E-state index contributed by atoms with van der Waals surface area (Å²) < 4.78 is 0. The van der Waals surface area contributed by atoms with Crippen LogP contribution in [0.25, 0.3) is 10.9 Å². The second kappa shape index (κ2) is 7.47. The molecule has 7 nitrogen and oxygen atoms in total. The van der Waals surface area contributed by atoms with Gasteiger partial charge in [0.25, 0.3) is 0 Å². The van der Waals surface area contributed by atoms with Gasteiger partial charge in [0, 0.05) is 35.0 Å². The minimum atomic E-state index is -1.15. The Labute approximate surface area is 168 Å². The Morgan fingerprint density at radius 1 is 1.29 bits per heavy atom. The van der Waals surface area contributed by atoms with Gasteiger partial charge in [-0.25, -0.2) is 0 Å². The largest absolute Gasteiger partial charge is 0.368 e. The fourth-order valence-corrected chi connectivity index (χ4v) is 4.13. The number of carbonyl (C=O) groups excluding carboxylic acids is 3. The van der Waals surface area contributed by atoms with E-state index in [2.05, 4.69) is 15.6 Å². The van der Waals surface area contributed by atoms with Crippen LogP contribution in [0.15, 0.2) is 18.2 Å². The van der Waals surface area contributed by atoms with Gasteiger partial charge in [-0.2, -0.15) is 0 Å². The third-order valence-electron chi connectivity index (χ3n) is 5.35. The molecule has 0 saturated heterocycles. The summed E-state index contributed by atoms with van der Waals surface area (Å²) in [5, 5.41) is 7.12. The van der Waals surface area contributed by atoms with Gasteiger partial charge in [-0.15, -0.1) is 0 Å². The van der Waals surface area contributed by atoms with Crippen LogP contribution in [-0.2, 0) is 27.2 Å². The molecule has 3 rings (SSSR count). The van der Waals surface area contributed by atoms with Gasteiger partial charge in [-0.3, -0.25) is 14.4 Å². The third kappa shape index (κ3) is 3.71. The van der Waals surface area contributed by atoms with Crippen molar-refractivity contribution in [2.45, 2.75) is 51.6 Å². The summed E-state index contributed by atoms with van der Waals surface area (Å²) in [7, 11) is 0. The lowest BCUT2D eigenvalue weighted by molar-refractivity contribution is -0.136. The van der Waals surface area contributed by atoms with Crippen LogP contribution in [0.4, 0.5) is 0 Å². The minimum Gasteiger partial charge on any atom is -0.368 e. The van der Waals surface area contributed by atoms with E-state index in [1.165, 1.54) is 6.92 Å². The first-order valence-corrected chi connectivity index (χ1v) is 9.69. The van der Waals surface area contributed by atoms with E-state index in [0.29, 0.717) is 24.3 Å². The van der Waals surface area contributed by atoms with Crippen molar-refractivity contribution >= 4 is 40.2 Å². The second-order valence-electron chi connectivity index (χ2n) is 7.81.